The zero-order chi connectivity index (χ0) is 27.2. The monoisotopic (exact) mass is 531 g/mol. The third-order valence-electron chi connectivity index (χ3n) is 6.03. The fourth-order valence-electron chi connectivity index (χ4n) is 4.13. The molecule has 2 aromatic rings. The van der Waals surface area contributed by atoms with Gasteiger partial charge < -0.3 is 34.4 Å². The number of aldehydes is 1. The Bertz CT molecular complexity index is 1110. The van der Waals surface area contributed by atoms with Crippen LogP contribution >= 0.6 is 0 Å². The molecule has 0 saturated carbocycles. The highest BCUT2D eigenvalue weighted by atomic mass is 28.3. The Morgan fingerprint density at radius 1 is 1.27 bits per heavy atom. The van der Waals surface area contributed by atoms with E-state index < -0.39 is 13.7 Å². The fraction of sp³-hybridized carbons (Fsp3) is 0.615. The number of carbonyl (C=O) groups excluding carboxylic acids is 3. The number of aromatic nitrogens is 2. The fourth-order valence-corrected chi connectivity index (χ4v) is 4.89. The van der Waals surface area contributed by atoms with Crippen LogP contribution in [-0.2, 0) is 21.0 Å². The largest absolute Gasteiger partial charge is 0.444 e. The quantitative estimate of drug-likeness (QED) is 0.270. The Labute approximate surface area is 220 Å². The summed E-state index contributed by atoms with van der Waals surface area (Å²) in [6.07, 6.45) is 5.37. The molecule has 37 heavy (non-hydrogen) atoms. The summed E-state index contributed by atoms with van der Waals surface area (Å²) in [5.74, 6) is -0.386. The van der Waals surface area contributed by atoms with Crippen molar-refractivity contribution in [3.05, 3.63) is 24.0 Å². The summed E-state index contributed by atoms with van der Waals surface area (Å²) in [6.45, 7) is 14.5. The SMILES string of the molecule is CC(C)(C)OC(=O)N1CCC[C@@H](Nc2c(C(=O)NCC=O)cnc3c2ccn3COCC[Si](C)(C)C)C1. The van der Waals surface area contributed by atoms with E-state index >= 15 is 0 Å². The smallest absolute Gasteiger partial charge is 0.410 e. The van der Waals surface area contributed by atoms with Gasteiger partial charge in [0.25, 0.3) is 5.91 Å². The van der Waals surface area contributed by atoms with E-state index in [0.717, 1.165) is 24.3 Å². The average molecular weight is 532 g/mol. The predicted octanol–water partition coefficient (Wildman–Crippen LogP) is 4.09. The summed E-state index contributed by atoms with van der Waals surface area (Å²) in [5, 5.41) is 6.90. The van der Waals surface area contributed by atoms with Gasteiger partial charge in [-0.05, 0) is 45.7 Å². The molecule has 11 heteroatoms. The van der Waals surface area contributed by atoms with Crippen molar-refractivity contribution >= 4 is 43.1 Å². The van der Waals surface area contributed by atoms with Gasteiger partial charge in [-0.25, -0.2) is 9.78 Å². The lowest BCUT2D eigenvalue weighted by Crippen LogP contribution is -2.47. The first-order valence-electron chi connectivity index (χ1n) is 12.9. The number of amides is 2. The molecule has 2 aromatic heterocycles. The van der Waals surface area contributed by atoms with Crippen LogP contribution in [0.4, 0.5) is 10.5 Å². The first-order valence-corrected chi connectivity index (χ1v) is 16.6. The molecule has 1 aliphatic rings. The molecule has 0 spiro atoms. The van der Waals surface area contributed by atoms with Crippen LogP contribution in [0.25, 0.3) is 11.0 Å². The van der Waals surface area contributed by atoms with E-state index in [1.165, 1.54) is 6.20 Å². The van der Waals surface area contributed by atoms with Crippen LogP contribution in [0.1, 0.15) is 44.0 Å². The van der Waals surface area contributed by atoms with E-state index in [2.05, 4.69) is 35.3 Å². The van der Waals surface area contributed by atoms with E-state index in [0.29, 0.717) is 49.6 Å². The Balaban J connectivity index is 1.84. The number of ether oxygens (including phenoxy) is 2. The standard InChI is InChI=1S/C26H41N5O5Si/c1-26(2,3)36-25(34)30-11-7-8-19(17-30)29-22-20-9-12-31(18-35-14-15-37(4,5)6)23(20)28-16-21(22)24(33)27-10-13-32/h9,12-13,16,19H,7-8,10-11,14-15,17-18H2,1-6H3,(H,27,33)(H,28,29)/t19-/m1/s1. The van der Waals surface area contributed by atoms with Crippen LogP contribution < -0.4 is 10.6 Å². The molecule has 1 saturated heterocycles. The minimum absolute atomic E-state index is 0.0826. The molecule has 1 fully saturated rings. The molecule has 1 aliphatic heterocycles. The van der Waals surface area contributed by atoms with E-state index in [9.17, 15) is 14.4 Å². The number of nitrogens with one attached hydrogen (secondary N) is 2. The number of carbonyl (C=O) groups is 3. The second-order valence-electron chi connectivity index (χ2n) is 11.7. The van der Waals surface area contributed by atoms with E-state index in [1.54, 1.807) is 4.90 Å². The summed E-state index contributed by atoms with van der Waals surface area (Å²) >= 11 is 0. The summed E-state index contributed by atoms with van der Waals surface area (Å²) in [7, 11) is -1.19. The normalized spacial score (nSPS) is 16.5. The van der Waals surface area contributed by atoms with Crippen molar-refractivity contribution in [2.75, 3.05) is 31.6 Å². The summed E-state index contributed by atoms with van der Waals surface area (Å²) in [6, 6.07) is 2.90. The van der Waals surface area contributed by atoms with Gasteiger partial charge in [0.05, 0.1) is 17.8 Å². The number of pyridine rings is 1. The lowest BCUT2D eigenvalue weighted by Gasteiger charge is -2.35. The molecule has 0 radical (unpaired) electrons. The molecule has 10 nitrogen and oxygen atoms in total. The molecule has 3 heterocycles. The molecule has 204 valence electrons. The zero-order valence-corrected chi connectivity index (χ0v) is 23.9. The molecule has 2 amide bonds. The van der Waals surface area contributed by atoms with Crippen LogP contribution in [0.15, 0.2) is 18.5 Å². The van der Waals surface area contributed by atoms with Crippen molar-refractivity contribution < 1.29 is 23.9 Å². The molecule has 0 aromatic carbocycles. The minimum atomic E-state index is -1.19. The van der Waals surface area contributed by atoms with E-state index in [-0.39, 0.29) is 24.6 Å². The first-order chi connectivity index (χ1) is 17.4. The Hall–Kier alpha value is -2.92. The van der Waals surface area contributed by atoms with Crippen LogP contribution in [-0.4, -0.2) is 78.7 Å². The van der Waals surface area contributed by atoms with Crippen LogP contribution in [0.2, 0.25) is 25.7 Å². The molecular weight excluding hydrogens is 490 g/mol. The van der Waals surface area contributed by atoms with Gasteiger partial charge in [-0.3, -0.25) is 4.79 Å². The van der Waals surface area contributed by atoms with Crippen molar-refractivity contribution in [1.82, 2.24) is 19.8 Å². The molecule has 0 aliphatic carbocycles. The van der Waals surface area contributed by atoms with Gasteiger partial charge in [0.2, 0.25) is 0 Å². The van der Waals surface area contributed by atoms with Crippen LogP contribution in [0.5, 0.6) is 0 Å². The van der Waals surface area contributed by atoms with Gasteiger partial charge in [0.15, 0.2) is 0 Å². The second kappa shape index (κ2) is 12.1. The maximum absolute atomic E-state index is 12.9. The molecule has 0 unspecified atom stereocenters. The van der Waals surface area contributed by atoms with Crippen LogP contribution in [0.3, 0.4) is 0 Å². The third-order valence-corrected chi connectivity index (χ3v) is 7.73. The second-order valence-corrected chi connectivity index (χ2v) is 17.3. The van der Waals surface area contributed by atoms with Crippen molar-refractivity contribution in [1.29, 1.82) is 0 Å². The lowest BCUT2D eigenvalue weighted by molar-refractivity contribution is -0.107. The first kappa shape index (κ1) is 28.6. The van der Waals surface area contributed by atoms with Gasteiger partial charge in [-0.2, -0.15) is 0 Å². The van der Waals surface area contributed by atoms with Crippen molar-refractivity contribution in [3.63, 3.8) is 0 Å². The topological polar surface area (TPSA) is 115 Å². The van der Waals surface area contributed by atoms with Gasteiger partial charge >= 0.3 is 6.09 Å². The number of piperidine rings is 1. The molecule has 3 rings (SSSR count). The van der Waals surface area contributed by atoms with Crippen molar-refractivity contribution in [2.45, 2.75) is 77.7 Å². The molecular formula is C26H41N5O5Si. The highest BCUT2D eigenvalue weighted by Gasteiger charge is 2.29. The van der Waals surface area contributed by atoms with Gasteiger partial charge in [0.1, 0.15) is 24.3 Å². The number of rotatable bonds is 10. The highest BCUT2D eigenvalue weighted by Crippen LogP contribution is 2.29. The summed E-state index contributed by atoms with van der Waals surface area (Å²) < 4.78 is 13.4. The average Bonchev–Trinajstić information content (AvgIpc) is 3.22. The van der Waals surface area contributed by atoms with Gasteiger partial charge in [-0.15, -0.1) is 0 Å². The van der Waals surface area contributed by atoms with Crippen molar-refractivity contribution in [2.24, 2.45) is 0 Å². The molecule has 2 N–H and O–H groups in total. The van der Waals surface area contributed by atoms with Crippen LogP contribution in [0, 0.1) is 0 Å². The number of hydrogen-bond donors (Lipinski definition) is 2. The maximum atomic E-state index is 12.9. The zero-order valence-electron chi connectivity index (χ0n) is 22.9. The number of fused-ring (bicyclic) bond motifs is 1. The van der Waals surface area contributed by atoms with Crippen molar-refractivity contribution in [3.8, 4) is 0 Å². The number of nitrogens with zero attached hydrogens (tertiary/aromatic N) is 3. The predicted molar refractivity (Wildman–Crippen MR) is 147 cm³/mol. The lowest BCUT2D eigenvalue weighted by atomic mass is 10.0. The number of anilines is 1. The minimum Gasteiger partial charge on any atom is -0.444 e. The van der Waals surface area contributed by atoms with Gasteiger partial charge in [0, 0.05) is 51.6 Å². The number of hydrogen-bond acceptors (Lipinski definition) is 7. The summed E-state index contributed by atoms with van der Waals surface area (Å²) in [4.78, 5) is 42.6. The van der Waals surface area contributed by atoms with E-state index in [4.69, 9.17) is 9.47 Å². The maximum Gasteiger partial charge on any atom is 0.410 e. The third kappa shape index (κ3) is 8.29. The molecule has 0 bridgehead atoms. The Kier molecular flexibility index (Phi) is 9.35. The Morgan fingerprint density at radius 2 is 2.03 bits per heavy atom. The summed E-state index contributed by atoms with van der Waals surface area (Å²) in [5.41, 5.74) is 1.10. The number of likely N-dealkylation sites (tertiary alicyclic amines) is 1. The highest BCUT2D eigenvalue weighted by molar-refractivity contribution is 6.76. The van der Waals surface area contributed by atoms with Gasteiger partial charge in [-0.1, -0.05) is 19.6 Å². The van der Waals surface area contributed by atoms with E-state index in [1.807, 2.05) is 37.6 Å². The Morgan fingerprint density at radius 3 is 2.70 bits per heavy atom. The molecule has 1 atom stereocenters.